The summed E-state index contributed by atoms with van der Waals surface area (Å²) in [6.45, 7) is 5.11. The van der Waals surface area contributed by atoms with Crippen LogP contribution >= 0.6 is 0 Å². The lowest BCUT2D eigenvalue weighted by Crippen LogP contribution is -2.30. The van der Waals surface area contributed by atoms with Crippen molar-refractivity contribution in [3.63, 3.8) is 0 Å². The molecule has 29 heavy (non-hydrogen) atoms. The molecule has 0 radical (unpaired) electrons. The van der Waals surface area contributed by atoms with Crippen molar-refractivity contribution in [2.24, 2.45) is 0 Å². The number of ether oxygens (including phenoxy) is 1. The second-order valence-corrected chi connectivity index (χ2v) is 6.88. The van der Waals surface area contributed by atoms with Crippen LogP contribution in [0.4, 0.5) is 5.69 Å². The second-order valence-electron chi connectivity index (χ2n) is 6.88. The molecule has 0 aliphatic heterocycles. The summed E-state index contributed by atoms with van der Waals surface area (Å²) in [5, 5.41) is 3.05. The Labute approximate surface area is 172 Å². The minimum Gasteiger partial charge on any atom is -0.490 e. The summed E-state index contributed by atoms with van der Waals surface area (Å²) in [5.74, 6) is 0.772. The maximum absolute atomic E-state index is 12.6. The lowest BCUT2D eigenvalue weighted by Gasteiger charge is -2.18. The van der Waals surface area contributed by atoms with E-state index in [4.69, 9.17) is 4.74 Å². The highest BCUT2D eigenvalue weighted by molar-refractivity contribution is 5.96. The van der Waals surface area contributed by atoms with E-state index in [9.17, 15) is 4.79 Å². The molecule has 0 spiro atoms. The van der Waals surface area contributed by atoms with Gasteiger partial charge in [0.1, 0.15) is 12.4 Å². The third-order valence-electron chi connectivity index (χ3n) is 4.44. The van der Waals surface area contributed by atoms with Gasteiger partial charge in [-0.05, 0) is 36.4 Å². The average Bonchev–Trinajstić information content (AvgIpc) is 2.74. The highest BCUT2D eigenvalue weighted by Crippen LogP contribution is 2.27. The smallest absolute Gasteiger partial charge is 0.238 e. The number of carbonyl (C=O) groups excluding carboxylic acids is 1. The summed E-state index contributed by atoms with van der Waals surface area (Å²) in [6, 6.07) is 25.8. The fourth-order valence-corrected chi connectivity index (χ4v) is 3.11. The van der Waals surface area contributed by atoms with Crippen LogP contribution in [0.1, 0.15) is 5.56 Å². The summed E-state index contributed by atoms with van der Waals surface area (Å²) in [7, 11) is 1.94. The highest BCUT2D eigenvalue weighted by Gasteiger charge is 2.11. The van der Waals surface area contributed by atoms with Gasteiger partial charge in [0.2, 0.25) is 5.91 Å². The van der Waals surface area contributed by atoms with Gasteiger partial charge >= 0.3 is 0 Å². The molecule has 0 heterocycles. The number of amides is 1. The van der Waals surface area contributed by atoms with Crippen molar-refractivity contribution in [2.75, 3.05) is 25.5 Å². The van der Waals surface area contributed by atoms with Gasteiger partial charge in [-0.15, -0.1) is 0 Å². The largest absolute Gasteiger partial charge is 0.490 e. The zero-order valence-electron chi connectivity index (χ0n) is 16.7. The van der Waals surface area contributed by atoms with E-state index in [-0.39, 0.29) is 5.91 Å². The lowest BCUT2D eigenvalue weighted by molar-refractivity contribution is -0.117. The summed E-state index contributed by atoms with van der Waals surface area (Å²) in [6.07, 6.45) is 1.72. The van der Waals surface area contributed by atoms with Crippen molar-refractivity contribution in [1.29, 1.82) is 0 Å². The van der Waals surface area contributed by atoms with E-state index in [0.717, 1.165) is 28.1 Å². The van der Waals surface area contributed by atoms with Crippen molar-refractivity contribution < 1.29 is 9.53 Å². The molecule has 3 aromatic rings. The Morgan fingerprint density at radius 2 is 1.69 bits per heavy atom. The Hall–Kier alpha value is -3.37. The molecule has 1 N–H and O–H groups in total. The van der Waals surface area contributed by atoms with E-state index in [2.05, 4.69) is 11.9 Å². The van der Waals surface area contributed by atoms with Gasteiger partial charge in [0.05, 0.1) is 6.54 Å². The van der Waals surface area contributed by atoms with Crippen LogP contribution < -0.4 is 10.1 Å². The first kappa shape index (κ1) is 20.4. The zero-order valence-corrected chi connectivity index (χ0v) is 16.7. The molecule has 3 aromatic carbocycles. The van der Waals surface area contributed by atoms with E-state index in [1.807, 2.05) is 90.8 Å². The number of benzene rings is 3. The monoisotopic (exact) mass is 386 g/mol. The summed E-state index contributed by atoms with van der Waals surface area (Å²) >= 11 is 0. The van der Waals surface area contributed by atoms with E-state index < -0.39 is 0 Å². The molecule has 0 unspecified atom stereocenters. The van der Waals surface area contributed by atoms with Crippen LogP contribution in [0.15, 0.2) is 91.5 Å². The number of nitrogens with one attached hydrogen (secondary N) is 1. The van der Waals surface area contributed by atoms with Crippen LogP contribution in [-0.4, -0.2) is 31.0 Å². The standard InChI is InChI=1S/C25H26N2O2/c1-3-17-29-22-15-13-20(14-16-22)18-27(2)19-25(28)26-24-12-8-7-11-23(24)21-9-5-4-6-10-21/h3-16H,1,17-19H2,2H3,(H,26,28). The highest BCUT2D eigenvalue weighted by atomic mass is 16.5. The van der Waals surface area contributed by atoms with Crippen LogP contribution in [0.2, 0.25) is 0 Å². The van der Waals surface area contributed by atoms with Gasteiger partial charge in [0.15, 0.2) is 0 Å². The Morgan fingerprint density at radius 1 is 1.00 bits per heavy atom. The van der Waals surface area contributed by atoms with Gasteiger partial charge in [-0.2, -0.15) is 0 Å². The molecule has 1 amide bonds. The van der Waals surface area contributed by atoms with E-state index in [0.29, 0.717) is 19.7 Å². The molecular formula is C25H26N2O2. The first-order valence-corrected chi connectivity index (χ1v) is 9.61. The first-order valence-electron chi connectivity index (χ1n) is 9.61. The molecule has 4 heteroatoms. The topological polar surface area (TPSA) is 41.6 Å². The maximum atomic E-state index is 12.6. The van der Waals surface area contributed by atoms with Crippen molar-refractivity contribution in [2.45, 2.75) is 6.54 Å². The number of rotatable bonds is 9. The third-order valence-corrected chi connectivity index (χ3v) is 4.44. The van der Waals surface area contributed by atoms with Gasteiger partial charge in [-0.3, -0.25) is 9.69 Å². The Bertz CT molecular complexity index is 937. The van der Waals surface area contributed by atoms with Crippen LogP contribution in [0.3, 0.4) is 0 Å². The van der Waals surface area contributed by atoms with Gasteiger partial charge in [-0.25, -0.2) is 0 Å². The van der Waals surface area contributed by atoms with Gasteiger partial charge in [0, 0.05) is 17.8 Å². The molecule has 0 bridgehead atoms. The van der Waals surface area contributed by atoms with Crippen LogP contribution in [0, 0.1) is 0 Å². The van der Waals surface area contributed by atoms with Crippen LogP contribution in [0.25, 0.3) is 11.1 Å². The number of nitrogens with zero attached hydrogens (tertiary/aromatic N) is 1. The van der Waals surface area contributed by atoms with Crippen LogP contribution in [0.5, 0.6) is 5.75 Å². The molecule has 0 aromatic heterocycles. The molecule has 3 rings (SSSR count). The fourth-order valence-electron chi connectivity index (χ4n) is 3.11. The van der Waals surface area contributed by atoms with Crippen molar-refractivity contribution >= 4 is 11.6 Å². The molecule has 0 saturated carbocycles. The SMILES string of the molecule is C=CCOc1ccc(CN(C)CC(=O)Nc2ccccc2-c2ccccc2)cc1. The normalized spacial score (nSPS) is 10.6. The molecule has 4 nitrogen and oxygen atoms in total. The number of anilines is 1. The molecular weight excluding hydrogens is 360 g/mol. The Balaban J connectivity index is 1.58. The molecule has 0 fully saturated rings. The summed E-state index contributed by atoms with van der Waals surface area (Å²) in [5.41, 5.74) is 4.03. The van der Waals surface area contributed by atoms with Gasteiger partial charge < -0.3 is 10.1 Å². The third kappa shape index (κ3) is 6.06. The lowest BCUT2D eigenvalue weighted by atomic mass is 10.0. The Morgan fingerprint density at radius 3 is 2.41 bits per heavy atom. The quantitative estimate of drug-likeness (QED) is 0.527. The fraction of sp³-hybridized carbons (Fsp3) is 0.160. The minimum absolute atomic E-state index is 0.0400. The maximum Gasteiger partial charge on any atom is 0.238 e. The first-order chi connectivity index (χ1) is 14.2. The predicted octanol–water partition coefficient (Wildman–Crippen LogP) is 4.99. The van der Waals surface area contributed by atoms with Crippen LogP contribution in [-0.2, 0) is 11.3 Å². The minimum atomic E-state index is -0.0400. The zero-order chi connectivity index (χ0) is 20.5. The number of para-hydroxylation sites is 1. The number of hydrogen-bond acceptors (Lipinski definition) is 3. The summed E-state index contributed by atoms with van der Waals surface area (Å²) in [4.78, 5) is 14.6. The number of likely N-dealkylation sites (N-methyl/N-ethyl adjacent to an activating group) is 1. The van der Waals surface area contributed by atoms with Gasteiger partial charge in [-0.1, -0.05) is 73.3 Å². The Kier molecular flexibility index (Phi) is 7.20. The summed E-state index contributed by atoms with van der Waals surface area (Å²) < 4.78 is 5.50. The predicted molar refractivity (Wildman–Crippen MR) is 119 cm³/mol. The number of hydrogen-bond donors (Lipinski definition) is 1. The molecule has 0 aliphatic rings. The number of carbonyl (C=O) groups is 1. The molecule has 0 atom stereocenters. The molecule has 148 valence electrons. The average molecular weight is 386 g/mol. The molecule has 0 saturated heterocycles. The van der Waals surface area contributed by atoms with Crippen molar-refractivity contribution in [1.82, 2.24) is 4.90 Å². The van der Waals surface area contributed by atoms with E-state index in [1.165, 1.54) is 0 Å². The van der Waals surface area contributed by atoms with E-state index >= 15 is 0 Å². The van der Waals surface area contributed by atoms with Gasteiger partial charge in [0.25, 0.3) is 0 Å². The van der Waals surface area contributed by atoms with Crippen molar-refractivity contribution in [3.05, 3.63) is 97.1 Å². The van der Waals surface area contributed by atoms with E-state index in [1.54, 1.807) is 6.08 Å². The molecule has 0 aliphatic carbocycles. The van der Waals surface area contributed by atoms with Crippen molar-refractivity contribution in [3.8, 4) is 16.9 Å². The second kappa shape index (κ2) is 10.2.